The summed E-state index contributed by atoms with van der Waals surface area (Å²) >= 11 is 0. The van der Waals surface area contributed by atoms with Crippen LogP contribution in [0.25, 0.3) is 0 Å². The predicted molar refractivity (Wildman–Crippen MR) is 86.4 cm³/mol. The molecule has 0 saturated carbocycles. The third kappa shape index (κ3) is 3.33. The van der Waals surface area contributed by atoms with Crippen LogP contribution in [-0.2, 0) is 14.8 Å². The first-order valence-electron chi connectivity index (χ1n) is 7.90. The van der Waals surface area contributed by atoms with Gasteiger partial charge in [0.05, 0.1) is 4.90 Å². The van der Waals surface area contributed by atoms with Crippen LogP contribution >= 0.6 is 0 Å². The summed E-state index contributed by atoms with van der Waals surface area (Å²) in [5.74, 6) is 0.963. The summed E-state index contributed by atoms with van der Waals surface area (Å²) in [7, 11) is -3.62. The summed E-state index contributed by atoms with van der Waals surface area (Å²) < 4.78 is 37.8. The molecular formula is C15H21N3O5S. The topological polar surface area (TPSA) is 102 Å². The van der Waals surface area contributed by atoms with Gasteiger partial charge in [0.25, 0.3) is 0 Å². The zero-order chi connectivity index (χ0) is 17.2. The number of rotatable bonds is 4. The quantitative estimate of drug-likeness (QED) is 0.791. The number of piperazine rings is 1. The van der Waals surface area contributed by atoms with Gasteiger partial charge < -0.3 is 20.1 Å². The highest BCUT2D eigenvalue weighted by Crippen LogP contribution is 2.33. The van der Waals surface area contributed by atoms with E-state index in [1.807, 2.05) is 0 Å². The lowest BCUT2D eigenvalue weighted by Gasteiger charge is -2.34. The van der Waals surface area contributed by atoms with E-state index in [1.54, 1.807) is 11.0 Å². The smallest absolute Gasteiger partial charge is 0.243 e. The maximum absolute atomic E-state index is 12.8. The highest BCUT2D eigenvalue weighted by molar-refractivity contribution is 7.89. The monoisotopic (exact) mass is 355 g/mol. The van der Waals surface area contributed by atoms with Gasteiger partial charge in [0.15, 0.2) is 11.5 Å². The second-order valence-electron chi connectivity index (χ2n) is 5.63. The Kier molecular flexibility index (Phi) is 4.93. The fourth-order valence-corrected chi connectivity index (χ4v) is 4.23. The van der Waals surface area contributed by atoms with Crippen LogP contribution in [0, 0.1) is 0 Å². The van der Waals surface area contributed by atoms with Crippen LogP contribution in [0.5, 0.6) is 11.5 Å². The minimum absolute atomic E-state index is 0.0334. The van der Waals surface area contributed by atoms with E-state index in [4.69, 9.17) is 15.2 Å². The van der Waals surface area contributed by atoms with Crippen LogP contribution in [0.3, 0.4) is 0 Å². The van der Waals surface area contributed by atoms with Crippen molar-refractivity contribution in [1.82, 2.24) is 9.21 Å². The van der Waals surface area contributed by atoms with Gasteiger partial charge in [-0.3, -0.25) is 4.79 Å². The molecule has 0 aliphatic carbocycles. The van der Waals surface area contributed by atoms with Gasteiger partial charge in [0, 0.05) is 45.2 Å². The lowest BCUT2D eigenvalue weighted by Crippen LogP contribution is -2.50. The number of sulfonamides is 1. The maximum Gasteiger partial charge on any atom is 0.243 e. The Labute approximate surface area is 141 Å². The highest BCUT2D eigenvalue weighted by Gasteiger charge is 2.30. The van der Waals surface area contributed by atoms with Crippen LogP contribution in [0.15, 0.2) is 23.1 Å². The number of nitrogens with zero attached hydrogens (tertiary/aromatic N) is 2. The molecule has 0 radical (unpaired) electrons. The van der Waals surface area contributed by atoms with E-state index in [9.17, 15) is 13.2 Å². The van der Waals surface area contributed by atoms with Gasteiger partial charge in [0.2, 0.25) is 15.9 Å². The van der Waals surface area contributed by atoms with Gasteiger partial charge in [-0.15, -0.1) is 0 Å². The van der Waals surface area contributed by atoms with E-state index in [0.717, 1.165) is 0 Å². The summed E-state index contributed by atoms with van der Waals surface area (Å²) in [6.07, 6.45) is 0.287. The SMILES string of the molecule is NCCC(=O)N1CCN(S(=O)(=O)c2ccc3c(c2)OCCO3)CC1. The van der Waals surface area contributed by atoms with Crippen molar-refractivity contribution in [2.24, 2.45) is 5.73 Å². The van der Waals surface area contributed by atoms with Crippen LogP contribution in [-0.4, -0.2) is 69.5 Å². The molecule has 24 heavy (non-hydrogen) atoms. The maximum atomic E-state index is 12.8. The molecule has 1 amide bonds. The largest absolute Gasteiger partial charge is 0.486 e. The van der Waals surface area contributed by atoms with Crippen LogP contribution < -0.4 is 15.2 Å². The van der Waals surface area contributed by atoms with Crippen molar-refractivity contribution in [3.63, 3.8) is 0 Å². The Morgan fingerprint density at radius 1 is 1.08 bits per heavy atom. The molecule has 0 atom stereocenters. The minimum Gasteiger partial charge on any atom is -0.486 e. The molecule has 1 aromatic carbocycles. The van der Waals surface area contributed by atoms with Gasteiger partial charge in [-0.1, -0.05) is 0 Å². The lowest BCUT2D eigenvalue weighted by atomic mass is 10.3. The van der Waals surface area contributed by atoms with E-state index in [-0.39, 0.29) is 30.3 Å². The number of carbonyl (C=O) groups is 1. The van der Waals surface area contributed by atoms with Crippen molar-refractivity contribution in [2.75, 3.05) is 45.9 Å². The number of amides is 1. The first-order chi connectivity index (χ1) is 11.5. The lowest BCUT2D eigenvalue weighted by molar-refractivity contribution is -0.132. The molecule has 2 aliphatic rings. The molecule has 0 spiro atoms. The highest BCUT2D eigenvalue weighted by atomic mass is 32.2. The van der Waals surface area contributed by atoms with Gasteiger partial charge in [0.1, 0.15) is 13.2 Å². The minimum atomic E-state index is -3.62. The van der Waals surface area contributed by atoms with Gasteiger partial charge >= 0.3 is 0 Å². The van der Waals surface area contributed by atoms with E-state index in [1.165, 1.54) is 16.4 Å². The van der Waals surface area contributed by atoms with Crippen LogP contribution in [0.1, 0.15) is 6.42 Å². The second-order valence-corrected chi connectivity index (χ2v) is 7.57. The number of benzene rings is 1. The van der Waals surface area contributed by atoms with Crippen molar-refractivity contribution >= 4 is 15.9 Å². The third-order valence-electron chi connectivity index (χ3n) is 4.10. The average Bonchev–Trinajstić information content (AvgIpc) is 2.61. The Balaban J connectivity index is 1.71. The standard InChI is InChI=1S/C15H21N3O5S/c16-4-3-15(19)17-5-7-18(8-6-17)24(20,21)12-1-2-13-14(11-12)23-10-9-22-13/h1-2,11H,3-10,16H2. The summed E-state index contributed by atoms with van der Waals surface area (Å²) in [5, 5.41) is 0. The molecule has 1 aromatic rings. The molecule has 2 aliphatic heterocycles. The molecular weight excluding hydrogens is 334 g/mol. The summed E-state index contributed by atoms with van der Waals surface area (Å²) in [4.78, 5) is 13.7. The molecule has 2 heterocycles. The zero-order valence-corrected chi connectivity index (χ0v) is 14.1. The van der Waals surface area contributed by atoms with E-state index < -0.39 is 10.0 Å². The molecule has 9 heteroatoms. The van der Waals surface area contributed by atoms with E-state index >= 15 is 0 Å². The molecule has 1 saturated heterocycles. The second kappa shape index (κ2) is 6.96. The molecule has 8 nitrogen and oxygen atoms in total. The van der Waals surface area contributed by atoms with Crippen molar-refractivity contribution in [3.05, 3.63) is 18.2 Å². The Morgan fingerprint density at radius 2 is 1.75 bits per heavy atom. The normalized spacial score (nSPS) is 18.5. The number of carbonyl (C=O) groups excluding carboxylic acids is 1. The Hall–Kier alpha value is -1.84. The van der Waals surface area contributed by atoms with Crippen molar-refractivity contribution in [1.29, 1.82) is 0 Å². The summed E-state index contributed by atoms with van der Waals surface area (Å²) in [5.41, 5.74) is 5.39. The average molecular weight is 355 g/mol. The fraction of sp³-hybridized carbons (Fsp3) is 0.533. The molecule has 132 valence electrons. The molecule has 2 N–H and O–H groups in total. The van der Waals surface area contributed by atoms with Gasteiger partial charge in [-0.05, 0) is 12.1 Å². The zero-order valence-electron chi connectivity index (χ0n) is 13.3. The first-order valence-corrected chi connectivity index (χ1v) is 9.34. The van der Waals surface area contributed by atoms with E-state index in [2.05, 4.69) is 0 Å². The van der Waals surface area contributed by atoms with Gasteiger partial charge in [-0.2, -0.15) is 4.31 Å². The van der Waals surface area contributed by atoms with Gasteiger partial charge in [-0.25, -0.2) is 8.42 Å². The molecule has 0 unspecified atom stereocenters. The predicted octanol–water partition coefficient (Wildman–Crippen LogP) is -0.360. The van der Waals surface area contributed by atoms with Crippen molar-refractivity contribution in [2.45, 2.75) is 11.3 Å². The molecule has 0 aromatic heterocycles. The summed E-state index contributed by atoms with van der Waals surface area (Å²) in [6.45, 7) is 2.45. The number of nitrogens with two attached hydrogens (primary N) is 1. The van der Waals surface area contributed by atoms with Crippen LogP contribution in [0.2, 0.25) is 0 Å². The fourth-order valence-electron chi connectivity index (χ4n) is 2.79. The number of hydrogen-bond acceptors (Lipinski definition) is 6. The van der Waals surface area contributed by atoms with Crippen LogP contribution in [0.4, 0.5) is 0 Å². The Morgan fingerprint density at radius 3 is 2.42 bits per heavy atom. The van der Waals surface area contributed by atoms with Crippen molar-refractivity contribution in [3.8, 4) is 11.5 Å². The van der Waals surface area contributed by atoms with E-state index in [0.29, 0.717) is 44.3 Å². The molecule has 1 fully saturated rings. The summed E-state index contributed by atoms with van der Waals surface area (Å²) in [6, 6.07) is 4.63. The van der Waals surface area contributed by atoms with Crippen molar-refractivity contribution < 1.29 is 22.7 Å². The molecule has 0 bridgehead atoms. The third-order valence-corrected chi connectivity index (χ3v) is 6.00. The number of ether oxygens (including phenoxy) is 2. The number of fused-ring (bicyclic) bond motifs is 1. The molecule has 3 rings (SSSR count). The number of hydrogen-bond donors (Lipinski definition) is 1. The Bertz CT molecular complexity index is 714. The first kappa shape index (κ1) is 17.0.